The van der Waals surface area contributed by atoms with Gasteiger partial charge in [0, 0.05) is 11.9 Å². The lowest BCUT2D eigenvalue weighted by Gasteiger charge is -1.71. The van der Waals surface area contributed by atoms with Crippen LogP contribution in [0.1, 0.15) is 5.69 Å². The zero-order valence-corrected chi connectivity index (χ0v) is 6.15. The van der Waals surface area contributed by atoms with Gasteiger partial charge in [-0.15, -0.1) is 4.52 Å². The van der Waals surface area contributed by atoms with E-state index in [-0.39, 0.29) is 0 Å². The monoisotopic (exact) mass is 157 g/mol. The third kappa shape index (κ3) is 0.656. The summed E-state index contributed by atoms with van der Waals surface area (Å²) >= 11 is 0. The Morgan fingerprint density at radius 1 is 1.58 bits per heavy atom. The van der Waals surface area contributed by atoms with Crippen LogP contribution in [0.5, 0.6) is 0 Å². The lowest BCUT2D eigenvalue weighted by atomic mass is 10.4. The average Bonchev–Trinajstić information content (AvgIpc) is 2.63. The van der Waals surface area contributed by atoms with Crippen molar-refractivity contribution in [3.8, 4) is 6.07 Å². The molecule has 2 aromatic heterocycles. The summed E-state index contributed by atoms with van der Waals surface area (Å²) in [5.41, 5.74) is 0.509. The fourth-order valence-electron chi connectivity index (χ4n) is 1.18. The van der Waals surface area contributed by atoms with Crippen molar-refractivity contribution in [1.29, 1.82) is 10.7 Å². The third-order valence-corrected chi connectivity index (χ3v) is 1.70. The Kier molecular flexibility index (Phi) is 1.20. The summed E-state index contributed by atoms with van der Waals surface area (Å²) in [4.78, 5) is 0. The Morgan fingerprint density at radius 2 is 2.42 bits per heavy atom. The molecule has 4 nitrogen and oxygen atoms in total. The summed E-state index contributed by atoms with van der Waals surface area (Å²) in [6.45, 7) is 0. The number of nitriles is 1. The number of nitrogens with one attached hydrogen (secondary N) is 1. The lowest BCUT2D eigenvalue weighted by molar-refractivity contribution is -0.616. The quantitative estimate of drug-likeness (QED) is 0.388. The van der Waals surface area contributed by atoms with Gasteiger partial charge in [-0.25, -0.2) is 0 Å². The SMILES string of the molecule is N#Cc1cc(=C=N)n2ccc[n+]12. The van der Waals surface area contributed by atoms with Crippen molar-refractivity contribution in [3.05, 3.63) is 35.6 Å². The van der Waals surface area contributed by atoms with E-state index >= 15 is 0 Å². The first-order valence-corrected chi connectivity index (χ1v) is 3.38. The Hall–Kier alpha value is -2.11. The fraction of sp³-hybridized carbons (Fsp3) is 0. The van der Waals surface area contributed by atoms with E-state index in [0.717, 1.165) is 0 Å². The van der Waals surface area contributed by atoms with Crippen LogP contribution in [-0.4, -0.2) is 10.4 Å². The fourth-order valence-corrected chi connectivity index (χ4v) is 1.18. The molecule has 0 saturated carbocycles. The van der Waals surface area contributed by atoms with Gasteiger partial charge in [-0.2, -0.15) is 5.26 Å². The van der Waals surface area contributed by atoms with Crippen molar-refractivity contribution in [3.63, 3.8) is 0 Å². The minimum Gasteiger partial charge on any atom is -0.257 e. The van der Waals surface area contributed by atoms with Crippen LogP contribution in [0.4, 0.5) is 0 Å². The number of nitrogens with zero attached hydrogens (tertiary/aromatic N) is 3. The highest BCUT2D eigenvalue weighted by molar-refractivity contribution is 5.46. The minimum absolute atomic E-state index is 0.509. The summed E-state index contributed by atoms with van der Waals surface area (Å²) in [6, 6.07) is 5.45. The third-order valence-electron chi connectivity index (χ3n) is 1.70. The van der Waals surface area contributed by atoms with Gasteiger partial charge in [0.1, 0.15) is 0 Å². The summed E-state index contributed by atoms with van der Waals surface area (Å²) in [5.74, 6) is 2.25. The maximum atomic E-state index is 8.69. The molecule has 56 valence electrons. The number of hydrogen-bond donors (Lipinski definition) is 1. The molecule has 0 fully saturated rings. The molecule has 0 aromatic carbocycles. The van der Waals surface area contributed by atoms with E-state index in [4.69, 9.17) is 10.7 Å². The lowest BCUT2D eigenvalue weighted by Crippen LogP contribution is -2.30. The van der Waals surface area contributed by atoms with Gasteiger partial charge in [0.2, 0.25) is 6.20 Å². The van der Waals surface area contributed by atoms with Crippen LogP contribution in [0, 0.1) is 16.7 Å². The second-order valence-electron chi connectivity index (χ2n) is 2.33. The topological polar surface area (TPSA) is 56.1 Å². The zero-order chi connectivity index (χ0) is 8.55. The van der Waals surface area contributed by atoms with Crippen molar-refractivity contribution in [1.82, 2.24) is 4.52 Å². The molecule has 4 heteroatoms. The number of rotatable bonds is 0. The first kappa shape index (κ1) is 6.59. The molecular formula is C8H5N4+. The normalized spacial score (nSPS) is 9.58. The predicted molar refractivity (Wildman–Crippen MR) is 39.8 cm³/mol. The first-order chi connectivity index (χ1) is 5.86. The molecule has 1 N–H and O–H groups in total. The molecule has 0 atom stereocenters. The van der Waals surface area contributed by atoms with Crippen LogP contribution in [0.2, 0.25) is 0 Å². The summed E-state index contributed by atoms with van der Waals surface area (Å²) in [7, 11) is 0. The molecule has 2 rings (SSSR count). The van der Waals surface area contributed by atoms with Crippen molar-refractivity contribution < 1.29 is 4.52 Å². The van der Waals surface area contributed by atoms with Gasteiger partial charge in [-0.05, 0) is 0 Å². The molecule has 0 radical (unpaired) electrons. The molecule has 0 amide bonds. The minimum atomic E-state index is 0.509. The second-order valence-corrected chi connectivity index (χ2v) is 2.33. The molecule has 0 bridgehead atoms. The molecular weight excluding hydrogens is 152 g/mol. The van der Waals surface area contributed by atoms with E-state index in [0.29, 0.717) is 11.0 Å². The predicted octanol–water partition coefficient (Wildman–Crippen LogP) is -0.965. The molecule has 0 saturated heterocycles. The molecule has 2 aromatic rings. The van der Waals surface area contributed by atoms with Crippen LogP contribution >= 0.6 is 0 Å². The van der Waals surface area contributed by atoms with Gasteiger partial charge >= 0.3 is 5.69 Å². The van der Waals surface area contributed by atoms with E-state index < -0.39 is 0 Å². The molecule has 0 aliphatic rings. The highest BCUT2D eigenvalue weighted by atomic mass is 15.3. The Bertz CT molecular complexity index is 539. The van der Waals surface area contributed by atoms with Gasteiger partial charge in [0.15, 0.2) is 11.4 Å². The van der Waals surface area contributed by atoms with Crippen LogP contribution in [0.15, 0.2) is 24.5 Å². The largest absolute Gasteiger partial charge is 0.316 e. The smallest absolute Gasteiger partial charge is 0.257 e. The van der Waals surface area contributed by atoms with Gasteiger partial charge in [0.05, 0.1) is 12.3 Å². The molecule has 2 heterocycles. The first-order valence-electron chi connectivity index (χ1n) is 3.38. The zero-order valence-electron chi connectivity index (χ0n) is 6.15. The van der Waals surface area contributed by atoms with E-state index in [1.54, 1.807) is 27.5 Å². The molecule has 0 aliphatic heterocycles. The Labute approximate surface area is 68.1 Å². The standard InChI is InChI=1S/C8H5N4/c9-5-7-4-8(6-10)12-3-1-2-11(7)12/h1-4,9H/q+1. The summed E-state index contributed by atoms with van der Waals surface area (Å²) in [6.07, 6.45) is 3.54. The van der Waals surface area contributed by atoms with E-state index in [9.17, 15) is 0 Å². The van der Waals surface area contributed by atoms with Crippen molar-refractivity contribution in [2.24, 2.45) is 0 Å². The second kappa shape index (κ2) is 2.19. The number of fused-ring (bicyclic) bond motifs is 1. The van der Waals surface area contributed by atoms with Crippen LogP contribution in [-0.2, 0) is 0 Å². The maximum absolute atomic E-state index is 8.69. The molecule has 0 unspecified atom stereocenters. The highest BCUT2D eigenvalue weighted by Crippen LogP contribution is 1.83. The van der Waals surface area contributed by atoms with E-state index in [1.807, 2.05) is 12.1 Å². The average molecular weight is 157 g/mol. The highest BCUT2D eigenvalue weighted by Gasteiger charge is 2.12. The Balaban J connectivity index is 3.11. The van der Waals surface area contributed by atoms with Gasteiger partial charge in [0.25, 0.3) is 0 Å². The van der Waals surface area contributed by atoms with Crippen molar-refractivity contribution >= 4 is 5.87 Å². The van der Waals surface area contributed by atoms with Crippen LogP contribution in [0.25, 0.3) is 0 Å². The summed E-state index contributed by atoms with van der Waals surface area (Å²) < 4.78 is 3.35. The van der Waals surface area contributed by atoms with Gasteiger partial charge < -0.3 is 0 Å². The van der Waals surface area contributed by atoms with Crippen LogP contribution < -0.4 is 9.86 Å². The number of hydrogen-bond acceptors (Lipinski definition) is 2. The van der Waals surface area contributed by atoms with Crippen molar-refractivity contribution in [2.45, 2.75) is 0 Å². The van der Waals surface area contributed by atoms with E-state index in [1.165, 1.54) is 0 Å². The molecule has 12 heavy (non-hydrogen) atoms. The summed E-state index contributed by atoms with van der Waals surface area (Å²) in [5, 5.41) is 16.2. The Morgan fingerprint density at radius 3 is 3.08 bits per heavy atom. The molecule has 0 aliphatic carbocycles. The van der Waals surface area contributed by atoms with Gasteiger partial charge in [-0.3, -0.25) is 5.41 Å². The van der Waals surface area contributed by atoms with Crippen molar-refractivity contribution in [2.75, 3.05) is 0 Å². The van der Waals surface area contributed by atoms with Crippen LogP contribution in [0.3, 0.4) is 0 Å². The van der Waals surface area contributed by atoms with Gasteiger partial charge in [-0.1, -0.05) is 4.52 Å². The maximum Gasteiger partial charge on any atom is 0.316 e. The number of aromatic nitrogens is 2. The molecule has 0 spiro atoms. The van der Waals surface area contributed by atoms with E-state index in [2.05, 4.69) is 5.87 Å².